The molecular formula is C33H44O16. The summed E-state index contributed by atoms with van der Waals surface area (Å²) in [4.78, 5) is 99.4. The lowest BCUT2D eigenvalue weighted by Crippen LogP contribution is -2.50. The minimum Gasteiger partial charge on any atom is -0.462 e. The van der Waals surface area contributed by atoms with E-state index in [4.69, 9.17) is 37.9 Å². The average Bonchev–Trinajstić information content (AvgIpc) is 3.01. The van der Waals surface area contributed by atoms with Gasteiger partial charge in [-0.25, -0.2) is 38.4 Å². The van der Waals surface area contributed by atoms with Crippen molar-refractivity contribution < 1.29 is 76.3 Å². The van der Waals surface area contributed by atoms with Gasteiger partial charge in [-0.1, -0.05) is 26.3 Å². The fourth-order valence-corrected chi connectivity index (χ4v) is 3.16. The van der Waals surface area contributed by atoms with Crippen LogP contribution in [0.4, 0.5) is 0 Å². The van der Waals surface area contributed by atoms with Crippen LogP contribution in [-0.4, -0.2) is 96.6 Å². The molecule has 0 unspecified atom stereocenters. The van der Waals surface area contributed by atoms with Crippen LogP contribution in [0.5, 0.6) is 0 Å². The first-order chi connectivity index (χ1) is 22.3. The molecule has 0 fully saturated rings. The number of esters is 8. The van der Waals surface area contributed by atoms with Gasteiger partial charge in [0.2, 0.25) is 22.4 Å². The Hall–Kier alpha value is -5.28. The minimum atomic E-state index is -1.97. The van der Waals surface area contributed by atoms with E-state index in [1.165, 1.54) is 55.4 Å². The first-order valence-electron chi connectivity index (χ1n) is 14.4. The zero-order chi connectivity index (χ0) is 38.4. The number of hydrogen-bond donors (Lipinski definition) is 0. The Kier molecular flexibility index (Phi) is 15.8. The molecule has 0 bridgehead atoms. The predicted molar refractivity (Wildman–Crippen MR) is 168 cm³/mol. The van der Waals surface area contributed by atoms with Gasteiger partial charge in [-0.15, -0.1) is 0 Å². The molecule has 0 aromatic carbocycles. The summed E-state index contributed by atoms with van der Waals surface area (Å²) in [5, 5.41) is 0. The van der Waals surface area contributed by atoms with Crippen LogP contribution in [0.15, 0.2) is 50.6 Å². The van der Waals surface area contributed by atoms with E-state index in [0.717, 1.165) is 24.3 Å². The normalized spacial score (nSPS) is 11.8. The van der Waals surface area contributed by atoms with Crippen molar-refractivity contribution in [2.75, 3.05) is 26.4 Å². The molecule has 0 aliphatic rings. The first kappa shape index (κ1) is 43.7. The van der Waals surface area contributed by atoms with Gasteiger partial charge in [-0.05, 0) is 55.4 Å². The molecule has 0 saturated heterocycles. The highest BCUT2D eigenvalue weighted by atomic mass is 16.6. The minimum absolute atomic E-state index is 0.806. The number of carbonyl (C=O) groups excluding carboxylic acids is 8. The molecule has 0 aromatic rings. The van der Waals surface area contributed by atoms with Gasteiger partial charge in [0.25, 0.3) is 0 Å². The first-order valence-corrected chi connectivity index (χ1v) is 14.4. The predicted octanol–water partition coefficient (Wildman–Crippen LogP) is 2.18. The van der Waals surface area contributed by atoms with E-state index in [9.17, 15) is 38.4 Å². The standard InChI is InChI=1S/C33H44O16/c1-13-21(34)46-29(5,6)25(38)42-17-33(18-43-26(39)30(7,8)47-22(35)14-2,19-44-27(40)31(9,10)48-23(36)15-3)20-45-28(41)32(11,12)49-24(37)16-4/h13-16H,1-4,17-20H2,5-12H3. The Morgan fingerprint density at radius 1 is 0.388 bits per heavy atom. The summed E-state index contributed by atoms with van der Waals surface area (Å²) in [6, 6.07) is 0. The van der Waals surface area contributed by atoms with Crippen molar-refractivity contribution in [3.05, 3.63) is 50.6 Å². The fraction of sp³-hybridized carbons (Fsp3) is 0.515. The van der Waals surface area contributed by atoms with E-state index in [1.807, 2.05) is 0 Å². The molecule has 0 N–H and O–H groups in total. The Morgan fingerprint density at radius 3 is 0.694 bits per heavy atom. The van der Waals surface area contributed by atoms with Crippen molar-refractivity contribution in [3.63, 3.8) is 0 Å². The molecule has 49 heavy (non-hydrogen) atoms. The van der Waals surface area contributed by atoms with Gasteiger partial charge >= 0.3 is 47.8 Å². The molecule has 0 aliphatic carbocycles. The van der Waals surface area contributed by atoms with Gasteiger partial charge in [-0.3, -0.25) is 0 Å². The Labute approximate surface area is 284 Å². The van der Waals surface area contributed by atoms with E-state index < -0.39 is 102 Å². The molecule has 272 valence electrons. The third-order valence-corrected chi connectivity index (χ3v) is 6.09. The molecule has 0 radical (unpaired) electrons. The molecule has 16 nitrogen and oxygen atoms in total. The van der Waals surface area contributed by atoms with Crippen LogP contribution in [0.25, 0.3) is 0 Å². The summed E-state index contributed by atoms with van der Waals surface area (Å²) in [5.41, 5.74) is -9.56. The molecule has 0 saturated carbocycles. The highest BCUT2D eigenvalue weighted by Gasteiger charge is 2.45. The lowest BCUT2D eigenvalue weighted by molar-refractivity contribution is -0.198. The van der Waals surface area contributed by atoms with Crippen LogP contribution in [0.2, 0.25) is 0 Å². The van der Waals surface area contributed by atoms with Crippen molar-refractivity contribution >= 4 is 47.8 Å². The van der Waals surface area contributed by atoms with Gasteiger partial charge in [0.15, 0.2) is 0 Å². The van der Waals surface area contributed by atoms with Gasteiger partial charge < -0.3 is 37.9 Å². The van der Waals surface area contributed by atoms with Crippen molar-refractivity contribution in [3.8, 4) is 0 Å². The van der Waals surface area contributed by atoms with Gasteiger partial charge in [-0.2, -0.15) is 0 Å². The number of rotatable bonds is 20. The number of ether oxygens (including phenoxy) is 8. The number of hydrogen-bond acceptors (Lipinski definition) is 16. The van der Waals surface area contributed by atoms with Crippen LogP contribution < -0.4 is 0 Å². The zero-order valence-electron chi connectivity index (χ0n) is 29.0. The van der Waals surface area contributed by atoms with Crippen molar-refractivity contribution in [2.24, 2.45) is 5.41 Å². The Morgan fingerprint density at radius 2 is 0.551 bits per heavy atom. The summed E-state index contributed by atoms with van der Waals surface area (Å²) in [7, 11) is 0. The molecule has 0 rings (SSSR count). The second-order valence-corrected chi connectivity index (χ2v) is 12.3. The second-order valence-electron chi connectivity index (χ2n) is 12.3. The zero-order valence-corrected chi connectivity index (χ0v) is 29.0. The topological polar surface area (TPSA) is 210 Å². The molecule has 0 atom stereocenters. The van der Waals surface area contributed by atoms with E-state index >= 15 is 0 Å². The maximum atomic E-state index is 13.1. The highest BCUT2D eigenvalue weighted by molar-refractivity contribution is 5.89. The summed E-state index contributed by atoms with van der Waals surface area (Å²) in [6.45, 7) is 19.2. The maximum Gasteiger partial charge on any atom is 0.350 e. The fourth-order valence-electron chi connectivity index (χ4n) is 3.16. The van der Waals surface area contributed by atoms with Crippen molar-refractivity contribution in [1.82, 2.24) is 0 Å². The molecule has 0 aliphatic heterocycles. The third-order valence-electron chi connectivity index (χ3n) is 6.09. The highest BCUT2D eigenvalue weighted by Crippen LogP contribution is 2.27. The van der Waals surface area contributed by atoms with Gasteiger partial charge in [0, 0.05) is 24.3 Å². The summed E-state index contributed by atoms with van der Waals surface area (Å²) in [6.07, 6.45) is 3.22. The van der Waals surface area contributed by atoms with Crippen molar-refractivity contribution in [1.29, 1.82) is 0 Å². The van der Waals surface area contributed by atoms with Crippen LogP contribution in [0.3, 0.4) is 0 Å². The quantitative estimate of drug-likeness (QED) is 0.101. The van der Waals surface area contributed by atoms with Crippen LogP contribution in [-0.2, 0) is 76.3 Å². The van der Waals surface area contributed by atoms with Gasteiger partial charge in [0.1, 0.15) is 31.8 Å². The van der Waals surface area contributed by atoms with Crippen LogP contribution in [0.1, 0.15) is 55.4 Å². The van der Waals surface area contributed by atoms with E-state index in [2.05, 4.69) is 26.3 Å². The monoisotopic (exact) mass is 696 g/mol. The average molecular weight is 697 g/mol. The largest absolute Gasteiger partial charge is 0.462 e. The van der Waals surface area contributed by atoms with E-state index in [0.29, 0.717) is 0 Å². The number of carbonyl (C=O) groups is 8. The lowest BCUT2D eigenvalue weighted by atomic mass is 9.91. The molecule has 0 spiro atoms. The van der Waals surface area contributed by atoms with Crippen LogP contribution in [0, 0.1) is 5.41 Å². The summed E-state index contributed by atoms with van der Waals surface area (Å²) < 4.78 is 41.7. The third kappa shape index (κ3) is 14.2. The Bertz CT molecular complexity index is 1140. The summed E-state index contributed by atoms with van der Waals surface area (Å²) in [5.74, 6) is -8.42. The maximum absolute atomic E-state index is 13.1. The van der Waals surface area contributed by atoms with Gasteiger partial charge in [0.05, 0.1) is 0 Å². The SMILES string of the molecule is C=CC(=O)OC(C)(C)C(=O)OCC(COC(=O)C(C)(C)OC(=O)C=C)(COC(=O)C(C)(C)OC(=O)C=C)COC(=O)C(C)(C)OC(=O)C=C. The summed E-state index contributed by atoms with van der Waals surface area (Å²) >= 11 is 0. The Balaban J connectivity index is 6.83. The lowest BCUT2D eigenvalue weighted by Gasteiger charge is -2.35. The molecule has 0 heterocycles. The molecule has 16 heteroatoms. The molecule has 0 aromatic heterocycles. The van der Waals surface area contributed by atoms with E-state index in [-0.39, 0.29) is 0 Å². The molecular weight excluding hydrogens is 652 g/mol. The second kappa shape index (κ2) is 17.8. The molecule has 0 amide bonds. The van der Waals surface area contributed by atoms with E-state index in [1.54, 1.807) is 0 Å². The smallest absolute Gasteiger partial charge is 0.350 e. The van der Waals surface area contributed by atoms with Crippen molar-refractivity contribution in [2.45, 2.75) is 77.8 Å². The van der Waals surface area contributed by atoms with Crippen LogP contribution >= 0.6 is 0 Å².